The van der Waals surface area contributed by atoms with E-state index < -0.39 is 12.2 Å². The van der Waals surface area contributed by atoms with E-state index in [9.17, 15) is 24.3 Å². The van der Waals surface area contributed by atoms with Gasteiger partial charge in [0.1, 0.15) is 18.0 Å². The van der Waals surface area contributed by atoms with Gasteiger partial charge < -0.3 is 25.1 Å². The quantitative estimate of drug-likeness (QED) is 0.357. The van der Waals surface area contributed by atoms with Gasteiger partial charge in [0.25, 0.3) is 0 Å². The zero-order valence-electron chi connectivity index (χ0n) is 26.0. The van der Waals surface area contributed by atoms with E-state index in [4.69, 9.17) is 0 Å². The predicted molar refractivity (Wildman–Crippen MR) is 172 cm³/mol. The van der Waals surface area contributed by atoms with Crippen LogP contribution in [-0.4, -0.2) is 87.1 Å². The third-order valence-corrected chi connectivity index (χ3v) is 8.87. The molecule has 3 saturated heterocycles. The van der Waals surface area contributed by atoms with Gasteiger partial charge in [0, 0.05) is 44.7 Å². The minimum absolute atomic E-state index is 0.0246. The average Bonchev–Trinajstić information content (AvgIpc) is 3.64. The summed E-state index contributed by atoms with van der Waals surface area (Å²) in [5.41, 5.74) is 3.47. The molecule has 0 spiro atoms. The molecule has 2 atom stereocenters. The van der Waals surface area contributed by atoms with E-state index in [0.717, 1.165) is 28.8 Å². The fourth-order valence-corrected chi connectivity index (χ4v) is 6.63. The third kappa shape index (κ3) is 6.55. The van der Waals surface area contributed by atoms with Crippen molar-refractivity contribution in [2.24, 2.45) is 0 Å². The number of amides is 5. The standard InChI is InChI=1S/C35H40N6O5/c1-2-17-39(35(46)36-21-26-8-4-3-5-9-26)40-24-33(44)41-30(20-25-13-15-29(42)16-14-25)34(45)37(23-31(40)41)22-27-10-6-11-28(19-27)38-18-7-12-32(38)43/h3-6,8-11,13-16,19,30-31,42H,2,7,12,17-18,20-24H2,1H3,(H,36,46)/t30-,31+/m0/s1. The number of piperazine rings is 1. The van der Waals surface area contributed by atoms with Crippen LogP contribution in [0.4, 0.5) is 10.5 Å². The zero-order chi connectivity index (χ0) is 32.2. The van der Waals surface area contributed by atoms with Crippen LogP contribution in [0.1, 0.15) is 42.9 Å². The van der Waals surface area contributed by atoms with Gasteiger partial charge in [0.05, 0.1) is 13.1 Å². The van der Waals surface area contributed by atoms with E-state index in [0.29, 0.717) is 39.0 Å². The van der Waals surface area contributed by atoms with Gasteiger partial charge in [-0.25, -0.2) is 4.79 Å². The van der Waals surface area contributed by atoms with Crippen molar-refractivity contribution in [1.29, 1.82) is 0 Å². The summed E-state index contributed by atoms with van der Waals surface area (Å²) in [7, 11) is 0. The van der Waals surface area contributed by atoms with E-state index in [-0.39, 0.29) is 49.0 Å². The molecule has 3 aliphatic rings. The van der Waals surface area contributed by atoms with Crippen molar-refractivity contribution in [2.45, 2.75) is 57.9 Å². The minimum atomic E-state index is -0.792. The van der Waals surface area contributed by atoms with Gasteiger partial charge in [-0.3, -0.25) is 19.4 Å². The Labute approximate surface area is 268 Å². The van der Waals surface area contributed by atoms with E-state index in [1.807, 2.05) is 61.5 Å². The number of benzene rings is 3. The molecule has 46 heavy (non-hydrogen) atoms. The van der Waals surface area contributed by atoms with Crippen LogP contribution in [0.25, 0.3) is 0 Å². The SMILES string of the molecule is CCCN(C(=O)NCc1ccccc1)N1CC(=O)N2[C@@H](Cc3ccc(O)cc3)C(=O)N(Cc3cccc(N4CCCC4=O)c3)C[C@@H]21. The molecule has 3 aromatic carbocycles. The Morgan fingerprint density at radius 2 is 1.70 bits per heavy atom. The average molecular weight is 625 g/mol. The second-order valence-electron chi connectivity index (χ2n) is 12.1. The van der Waals surface area contributed by atoms with Crippen LogP contribution in [0.3, 0.4) is 0 Å². The lowest BCUT2D eigenvalue weighted by Crippen LogP contribution is -2.66. The molecule has 5 amide bonds. The number of anilines is 1. The van der Waals surface area contributed by atoms with E-state index >= 15 is 0 Å². The second-order valence-corrected chi connectivity index (χ2v) is 12.1. The molecule has 3 fully saturated rings. The second kappa shape index (κ2) is 13.6. The van der Waals surface area contributed by atoms with Crippen LogP contribution < -0.4 is 10.2 Å². The number of hydrazine groups is 1. The van der Waals surface area contributed by atoms with Crippen LogP contribution in [0.2, 0.25) is 0 Å². The summed E-state index contributed by atoms with van der Waals surface area (Å²) in [5, 5.41) is 16.2. The van der Waals surface area contributed by atoms with Gasteiger partial charge in [-0.2, -0.15) is 5.01 Å². The van der Waals surface area contributed by atoms with E-state index in [1.54, 1.807) is 49.0 Å². The molecule has 0 aliphatic carbocycles. The number of nitrogens with one attached hydrogen (secondary N) is 1. The van der Waals surface area contributed by atoms with Crippen molar-refractivity contribution in [3.8, 4) is 5.75 Å². The van der Waals surface area contributed by atoms with Crippen LogP contribution in [0.15, 0.2) is 78.9 Å². The normalized spacial score (nSPS) is 19.9. The Bertz CT molecular complexity index is 1580. The summed E-state index contributed by atoms with van der Waals surface area (Å²) < 4.78 is 0. The number of nitrogens with zero attached hydrogens (tertiary/aromatic N) is 5. The molecule has 6 rings (SSSR count). The zero-order valence-corrected chi connectivity index (χ0v) is 26.0. The molecule has 0 aromatic heterocycles. The fourth-order valence-electron chi connectivity index (χ4n) is 6.63. The van der Waals surface area contributed by atoms with E-state index in [2.05, 4.69) is 5.32 Å². The number of carbonyl (C=O) groups is 4. The summed E-state index contributed by atoms with van der Waals surface area (Å²) in [6.45, 7) is 3.89. The highest BCUT2D eigenvalue weighted by molar-refractivity contribution is 5.95. The van der Waals surface area contributed by atoms with Gasteiger partial charge >= 0.3 is 6.03 Å². The maximum atomic E-state index is 14.2. The van der Waals surface area contributed by atoms with Crippen LogP contribution >= 0.6 is 0 Å². The van der Waals surface area contributed by atoms with Crippen molar-refractivity contribution in [1.82, 2.24) is 25.1 Å². The van der Waals surface area contributed by atoms with Crippen molar-refractivity contribution >= 4 is 29.4 Å². The van der Waals surface area contributed by atoms with Crippen LogP contribution in [0, 0.1) is 0 Å². The molecule has 11 heteroatoms. The molecule has 0 saturated carbocycles. The molecule has 2 N–H and O–H groups in total. The minimum Gasteiger partial charge on any atom is -0.508 e. The summed E-state index contributed by atoms with van der Waals surface area (Å²) in [6.07, 6.45) is 1.74. The number of hydrogen-bond donors (Lipinski definition) is 2. The predicted octanol–water partition coefficient (Wildman–Crippen LogP) is 3.48. The lowest BCUT2D eigenvalue weighted by atomic mass is 9.99. The molecule has 11 nitrogen and oxygen atoms in total. The summed E-state index contributed by atoms with van der Waals surface area (Å²) >= 11 is 0. The third-order valence-electron chi connectivity index (χ3n) is 8.87. The lowest BCUT2D eigenvalue weighted by molar-refractivity contribution is -0.157. The fraction of sp³-hybridized carbons (Fsp3) is 0.371. The number of hydrogen-bond acceptors (Lipinski definition) is 6. The highest BCUT2D eigenvalue weighted by Gasteiger charge is 2.52. The monoisotopic (exact) mass is 624 g/mol. The van der Waals surface area contributed by atoms with Crippen molar-refractivity contribution in [2.75, 3.05) is 31.1 Å². The number of urea groups is 1. The number of phenolic OH excluding ortho intramolecular Hbond substituents is 1. The molecular weight excluding hydrogens is 584 g/mol. The molecule has 3 heterocycles. The largest absolute Gasteiger partial charge is 0.508 e. The van der Waals surface area contributed by atoms with Crippen LogP contribution in [-0.2, 0) is 33.9 Å². The molecular formula is C35H40N6O5. The number of rotatable bonds is 10. The Morgan fingerprint density at radius 1 is 0.935 bits per heavy atom. The van der Waals surface area contributed by atoms with Crippen molar-refractivity contribution < 1.29 is 24.3 Å². The van der Waals surface area contributed by atoms with Gasteiger partial charge in [-0.15, -0.1) is 0 Å². The topological polar surface area (TPSA) is 117 Å². The number of fused-ring (bicyclic) bond motifs is 1. The smallest absolute Gasteiger partial charge is 0.332 e. The molecule has 0 bridgehead atoms. The highest BCUT2D eigenvalue weighted by Crippen LogP contribution is 2.31. The number of phenols is 1. The first kappa shape index (κ1) is 31.1. The lowest BCUT2D eigenvalue weighted by Gasteiger charge is -2.46. The van der Waals surface area contributed by atoms with Crippen molar-refractivity contribution in [3.63, 3.8) is 0 Å². The first-order chi connectivity index (χ1) is 22.3. The van der Waals surface area contributed by atoms with Gasteiger partial charge in [-0.05, 0) is 53.8 Å². The first-order valence-corrected chi connectivity index (χ1v) is 16.0. The van der Waals surface area contributed by atoms with Gasteiger partial charge in [-0.1, -0.05) is 61.5 Å². The Hall–Kier alpha value is -4.90. The number of aromatic hydroxyl groups is 1. The molecule has 240 valence electrons. The molecule has 0 unspecified atom stereocenters. The first-order valence-electron chi connectivity index (χ1n) is 16.0. The Morgan fingerprint density at radius 3 is 2.41 bits per heavy atom. The maximum Gasteiger partial charge on any atom is 0.332 e. The van der Waals surface area contributed by atoms with Crippen LogP contribution in [0.5, 0.6) is 5.75 Å². The number of carbonyl (C=O) groups excluding carboxylic acids is 4. The summed E-state index contributed by atoms with van der Waals surface area (Å²) in [6, 6.07) is 22.9. The van der Waals surface area contributed by atoms with E-state index in [1.165, 1.54) is 0 Å². The summed E-state index contributed by atoms with van der Waals surface area (Å²) in [4.78, 5) is 59.1. The highest BCUT2D eigenvalue weighted by atomic mass is 16.3. The summed E-state index contributed by atoms with van der Waals surface area (Å²) in [5.74, 6) is -0.182. The van der Waals surface area contributed by atoms with Gasteiger partial charge in [0.15, 0.2) is 0 Å². The Balaban J connectivity index is 1.28. The molecule has 3 aliphatic heterocycles. The Kier molecular flexibility index (Phi) is 9.20. The molecule has 0 radical (unpaired) electrons. The van der Waals surface area contributed by atoms with Crippen molar-refractivity contribution in [3.05, 3.63) is 95.6 Å². The maximum absolute atomic E-state index is 14.2. The van der Waals surface area contributed by atoms with Gasteiger partial charge in [0.2, 0.25) is 17.7 Å². The molecule has 3 aromatic rings.